The Kier molecular flexibility index (Phi) is 7.44. The fourth-order valence-electron chi connectivity index (χ4n) is 4.69. The van der Waals surface area contributed by atoms with Crippen LogP contribution in [0.25, 0.3) is 22.2 Å². The summed E-state index contributed by atoms with van der Waals surface area (Å²) in [7, 11) is 1.63. The summed E-state index contributed by atoms with van der Waals surface area (Å²) in [5, 5.41) is 7.91. The molecule has 1 aliphatic heterocycles. The molecular formula is C29H31N5O4. The summed E-state index contributed by atoms with van der Waals surface area (Å²) in [4.78, 5) is 22.8. The number of methoxy groups -OCH3 is 1. The van der Waals surface area contributed by atoms with E-state index in [-0.39, 0.29) is 11.9 Å². The van der Waals surface area contributed by atoms with Crippen molar-refractivity contribution >= 4 is 34.0 Å². The normalized spacial score (nSPS) is 13.8. The topological polar surface area (TPSA) is 102 Å². The minimum absolute atomic E-state index is 0.0245. The first-order valence-corrected chi connectivity index (χ1v) is 12.7. The average Bonchev–Trinajstić information content (AvgIpc) is 3.49. The molecule has 0 bridgehead atoms. The predicted molar refractivity (Wildman–Crippen MR) is 148 cm³/mol. The molecule has 1 amide bonds. The maximum atomic E-state index is 12.0. The lowest BCUT2D eigenvalue weighted by Gasteiger charge is -2.32. The molecule has 1 fully saturated rings. The highest BCUT2D eigenvalue weighted by atomic mass is 16.5. The van der Waals surface area contributed by atoms with E-state index in [9.17, 15) is 4.79 Å². The molecule has 0 spiro atoms. The van der Waals surface area contributed by atoms with E-state index in [0.717, 1.165) is 52.2 Å². The fraction of sp³-hybridized carbons (Fsp3) is 0.276. The van der Waals surface area contributed by atoms with Gasteiger partial charge in [0, 0.05) is 36.1 Å². The SMILES string of the molecule is C=CC(=O)N1CCC(Nc2cc3c(Nc4cc(-c5ccco5)ccc4OC)ncnc3cc2OCC)CC1. The van der Waals surface area contributed by atoms with Gasteiger partial charge in [-0.1, -0.05) is 6.58 Å². The molecule has 1 aliphatic rings. The van der Waals surface area contributed by atoms with Crippen molar-refractivity contribution in [2.24, 2.45) is 0 Å². The van der Waals surface area contributed by atoms with Gasteiger partial charge in [0.2, 0.25) is 5.91 Å². The summed E-state index contributed by atoms with van der Waals surface area (Å²) in [6, 6.07) is 13.7. The third kappa shape index (κ3) is 5.27. The molecular weight excluding hydrogens is 482 g/mol. The van der Waals surface area contributed by atoms with Crippen LogP contribution >= 0.6 is 0 Å². The van der Waals surface area contributed by atoms with Gasteiger partial charge < -0.3 is 29.4 Å². The molecule has 0 unspecified atom stereocenters. The van der Waals surface area contributed by atoms with Gasteiger partial charge in [0.1, 0.15) is 29.4 Å². The maximum Gasteiger partial charge on any atom is 0.245 e. The van der Waals surface area contributed by atoms with Crippen LogP contribution in [0.4, 0.5) is 17.2 Å². The van der Waals surface area contributed by atoms with Gasteiger partial charge in [-0.3, -0.25) is 4.79 Å². The number of anilines is 3. The maximum absolute atomic E-state index is 12.0. The van der Waals surface area contributed by atoms with Crippen LogP contribution < -0.4 is 20.1 Å². The molecule has 2 N–H and O–H groups in total. The van der Waals surface area contributed by atoms with Crippen LogP contribution in [0.1, 0.15) is 19.8 Å². The first-order valence-electron chi connectivity index (χ1n) is 12.7. The van der Waals surface area contributed by atoms with Gasteiger partial charge in [0.15, 0.2) is 0 Å². The van der Waals surface area contributed by atoms with Crippen molar-refractivity contribution in [3.05, 3.63) is 67.7 Å². The van der Waals surface area contributed by atoms with Gasteiger partial charge in [0.05, 0.1) is 36.9 Å². The molecule has 38 heavy (non-hydrogen) atoms. The predicted octanol–water partition coefficient (Wildman–Crippen LogP) is 5.63. The molecule has 9 heteroatoms. The highest BCUT2D eigenvalue weighted by molar-refractivity contribution is 5.95. The average molecular weight is 514 g/mol. The monoisotopic (exact) mass is 513 g/mol. The molecule has 0 saturated carbocycles. The van der Waals surface area contributed by atoms with Crippen molar-refractivity contribution in [2.75, 3.05) is 37.4 Å². The Labute approximate surface area is 221 Å². The Balaban J connectivity index is 1.46. The zero-order chi connectivity index (χ0) is 26.5. The Morgan fingerprint density at radius 1 is 1.16 bits per heavy atom. The molecule has 0 radical (unpaired) electrons. The van der Waals surface area contributed by atoms with Crippen molar-refractivity contribution in [3.63, 3.8) is 0 Å². The number of rotatable bonds is 9. The minimum Gasteiger partial charge on any atom is -0.495 e. The van der Waals surface area contributed by atoms with Crippen LogP contribution in [-0.2, 0) is 4.79 Å². The number of nitrogens with zero attached hydrogens (tertiary/aromatic N) is 3. The molecule has 2 aromatic carbocycles. The molecule has 2 aromatic heterocycles. The highest BCUT2D eigenvalue weighted by Crippen LogP contribution is 2.37. The van der Waals surface area contributed by atoms with E-state index in [1.54, 1.807) is 13.4 Å². The largest absolute Gasteiger partial charge is 0.495 e. The van der Waals surface area contributed by atoms with Crippen LogP contribution in [0.15, 0.2) is 72.1 Å². The number of carbonyl (C=O) groups excluding carboxylic acids is 1. The van der Waals surface area contributed by atoms with Gasteiger partial charge in [-0.15, -0.1) is 0 Å². The van der Waals surface area contributed by atoms with Crippen molar-refractivity contribution < 1.29 is 18.7 Å². The van der Waals surface area contributed by atoms with Crippen molar-refractivity contribution in [1.29, 1.82) is 0 Å². The Morgan fingerprint density at radius 2 is 2.00 bits per heavy atom. The summed E-state index contributed by atoms with van der Waals surface area (Å²) in [5.74, 6) is 2.78. The van der Waals surface area contributed by atoms with Crippen molar-refractivity contribution in [3.8, 4) is 22.8 Å². The molecule has 0 atom stereocenters. The lowest BCUT2D eigenvalue weighted by atomic mass is 10.0. The summed E-state index contributed by atoms with van der Waals surface area (Å²) < 4.78 is 17.1. The number of aromatic nitrogens is 2. The number of fused-ring (bicyclic) bond motifs is 1. The number of hydrogen-bond donors (Lipinski definition) is 2. The smallest absolute Gasteiger partial charge is 0.245 e. The first kappa shape index (κ1) is 25.1. The van der Waals surface area contributed by atoms with Crippen LogP contribution in [0.3, 0.4) is 0 Å². The number of piperidine rings is 1. The van der Waals surface area contributed by atoms with E-state index in [2.05, 4.69) is 27.2 Å². The van der Waals surface area contributed by atoms with Crippen molar-refractivity contribution in [2.45, 2.75) is 25.8 Å². The lowest BCUT2D eigenvalue weighted by Crippen LogP contribution is -2.41. The second-order valence-electron chi connectivity index (χ2n) is 8.99. The minimum atomic E-state index is -0.0245. The first-order chi connectivity index (χ1) is 18.6. The van der Waals surface area contributed by atoms with E-state index < -0.39 is 0 Å². The number of furan rings is 1. The zero-order valence-electron chi connectivity index (χ0n) is 21.6. The summed E-state index contributed by atoms with van der Waals surface area (Å²) in [6.45, 7) is 7.45. The van der Waals surface area contributed by atoms with E-state index in [0.29, 0.717) is 31.3 Å². The van der Waals surface area contributed by atoms with Crippen molar-refractivity contribution in [1.82, 2.24) is 14.9 Å². The van der Waals surface area contributed by atoms with E-state index in [1.165, 1.54) is 12.4 Å². The quantitative estimate of drug-likeness (QED) is 0.278. The summed E-state index contributed by atoms with van der Waals surface area (Å²) in [6.07, 6.45) is 6.21. The van der Waals surface area contributed by atoms with Gasteiger partial charge in [-0.2, -0.15) is 0 Å². The van der Waals surface area contributed by atoms with E-state index in [1.807, 2.05) is 54.3 Å². The third-order valence-corrected chi connectivity index (χ3v) is 6.64. The second-order valence-corrected chi connectivity index (χ2v) is 8.99. The molecule has 0 aliphatic carbocycles. The third-order valence-electron chi connectivity index (χ3n) is 6.64. The fourth-order valence-corrected chi connectivity index (χ4v) is 4.69. The summed E-state index contributed by atoms with van der Waals surface area (Å²) in [5.41, 5.74) is 3.29. The number of carbonyl (C=O) groups is 1. The number of likely N-dealkylation sites (tertiary alicyclic amines) is 1. The number of amides is 1. The van der Waals surface area contributed by atoms with Crippen LogP contribution in [0, 0.1) is 0 Å². The zero-order valence-corrected chi connectivity index (χ0v) is 21.6. The number of nitrogens with one attached hydrogen (secondary N) is 2. The van der Waals surface area contributed by atoms with Gasteiger partial charge in [0.25, 0.3) is 0 Å². The van der Waals surface area contributed by atoms with Gasteiger partial charge >= 0.3 is 0 Å². The molecule has 9 nitrogen and oxygen atoms in total. The number of benzene rings is 2. The Hall–Kier alpha value is -4.53. The van der Waals surface area contributed by atoms with Gasteiger partial charge in [-0.25, -0.2) is 9.97 Å². The number of ether oxygens (including phenoxy) is 2. The molecule has 196 valence electrons. The van der Waals surface area contributed by atoms with Crippen LogP contribution in [0.2, 0.25) is 0 Å². The Morgan fingerprint density at radius 3 is 2.71 bits per heavy atom. The standard InChI is InChI=1S/C29H31N5O4/c1-4-28(35)34-12-10-20(11-13-34)32-24-16-21-22(17-27(24)37-5-2)30-18-31-29(21)33-23-15-19(8-9-26(23)36-3)25-7-6-14-38-25/h4,6-9,14-18,20,32H,1,5,10-13H2,2-3H3,(H,30,31,33). The van der Waals surface area contributed by atoms with Crippen LogP contribution in [0.5, 0.6) is 11.5 Å². The van der Waals surface area contributed by atoms with Gasteiger partial charge in [-0.05, 0) is 62.2 Å². The molecule has 3 heterocycles. The lowest BCUT2D eigenvalue weighted by molar-refractivity contribution is -0.126. The highest BCUT2D eigenvalue weighted by Gasteiger charge is 2.23. The van der Waals surface area contributed by atoms with E-state index in [4.69, 9.17) is 13.9 Å². The molecule has 1 saturated heterocycles. The molecule has 4 aromatic rings. The number of hydrogen-bond acceptors (Lipinski definition) is 8. The Bertz CT molecular complexity index is 1430. The van der Waals surface area contributed by atoms with E-state index >= 15 is 0 Å². The van der Waals surface area contributed by atoms with Crippen LogP contribution in [-0.4, -0.2) is 53.6 Å². The summed E-state index contributed by atoms with van der Waals surface area (Å²) >= 11 is 0. The second kappa shape index (κ2) is 11.2. The molecule has 5 rings (SSSR count).